The number of Topliss-reactive ketones (excluding diaryl/α,β-unsaturated/α-hetero) is 1. The van der Waals surface area contributed by atoms with Crippen LogP contribution in [-0.4, -0.2) is 37.1 Å². The fourth-order valence-electron chi connectivity index (χ4n) is 4.43. The van der Waals surface area contributed by atoms with Crippen LogP contribution in [-0.2, 0) is 19.7 Å². The molecule has 0 atom stereocenters. The molecule has 1 saturated carbocycles. The smallest absolute Gasteiger partial charge is 0.183 e. The lowest BCUT2D eigenvalue weighted by atomic mass is 9.65. The van der Waals surface area contributed by atoms with Gasteiger partial charge >= 0.3 is 0 Å². The van der Waals surface area contributed by atoms with Gasteiger partial charge < -0.3 is 0 Å². The van der Waals surface area contributed by atoms with Crippen LogP contribution in [0, 0.1) is 5.41 Å². The van der Waals surface area contributed by atoms with Crippen LogP contribution in [0.1, 0.15) is 58.4 Å². The maximum atomic E-state index is 14.4. The van der Waals surface area contributed by atoms with Gasteiger partial charge in [0.25, 0.3) is 0 Å². The maximum Gasteiger partial charge on any atom is 0.183 e. The Morgan fingerprint density at radius 3 is 2.20 bits per heavy atom. The number of nitrogens with zero attached hydrogens (tertiary/aromatic N) is 2. The van der Waals surface area contributed by atoms with E-state index in [0.29, 0.717) is 10.6 Å². The number of carbonyl (C=O) groups is 1. The second-order valence-corrected chi connectivity index (χ2v) is 12.6. The number of rotatable bonds is 5. The van der Waals surface area contributed by atoms with Gasteiger partial charge in [-0.2, -0.15) is 5.10 Å². The van der Waals surface area contributed by atoms with Gasteiger partial charge in [0.1, 0.15) is 0 Å². The van der Waals surface area contributed by atoms with E-state index < -0.39 is 14.9 Å². The Labute approximate surface area is 181 Å². The molecule has 1 aromatic carbocycles. The standard InChI is InChI=1S/C25H34N2O2S/c1-24(2,3)19-21(27-18-12-17-26-27)22(30(4,5)29)23(28)25(15-10-7-11-16-25)20-13-8-6-9-14-20/h6,8-9,12-14,17-19H,7,10-11,15-16H2,1-5H3/b21-19+. The number of ketones is 1. The third-order valence-electron chi connectivity index (χ3n) is 5.72. The summed E-state index contributed by atoms with van der Waals surface area (Å²) < 4.78 is 15.3. The van der Waals surface area contributed by atoms with Crippen LogP contribution in [0.4, 0.5) is 0 Å². The zero-order valence-electron chi connectivity index (χ0n) is 18.9. The molecule has 1 aliphatic rings. The van der Waals surface area contributed by atoms with Gasteiger partial charge in [0.2, 0.25) is 0 Å². The first kappa shape index (κ1) is 22.5. The SMILES string of the molecule is CC(C)(C)/C=C(\C(C(=O)C1(c2ccccc2)CCCCC1)=S(C)(C)=O)n1cccn1. The lowest BCUT2D eigenvalue weighted by molar-refractivity contribution is -0.119. The van der Waals surface area contributed by atoms with Crippen LogP contribution >= 0.6 is 0 Å². The third-order valence-corrected chi connectivity index (χ3v) is 7.10. The minimum absolute atomic E-state index is 0.00519. The van der Waals surface area contributed by atoms with Gasteiger partial charge in [-0.3, -0.25) is 9.00 Å². The fourth-order valence-corrected chi connectivity index (χ4v) is 5.72. The van der Waals surface area contributed by atoms with Crippen LogP contribution in [0.3, 0.4) is 0 Å². The number of allylic oxidation sites excluding steroid dienone is 2. The predicted octanol–water partition coefficient (Wildman–Crippen LogP) is 4.96. The van der Waals surface area contributed by atoms with Gasteiger partial charge in [0, 0.05) is 24.9 Å². The summed E-state index contributed by atoms with van der Waals surface area (Å²) in [6.07, 6.45) is 13.6. The largest absolute Gasteiger partial charge is 0.292 e. The highest BCUT2D eigenvalue weighted by molar-refractivity contribution is 8.03. The summed E-state index contributed by atoms with van der Waals surface area (Å²) in [7, 11) is -2.57. The summed E-state index contributed by atoms with van der Waals surface area (Å²) >= 11 is 0. The molecule has 0 radical (unpaired) electrons. The molecule has 5 heteroatoms. The summed E-state index contributed by atoms with van der Waals surface area (Å²) in [5, 5.41) is 4.41. The molecule has 0 amide bonds. The molecule has 0 N–H and O–H groups in total. The number of hydrogen-bond donors (Lipinski definition) is 0. The fraction of sp³-hybridized carbons (Fsp3) is 0.480. The molecular formula is C25H34N2O2S. The molecule has 2 aromatic rings. The van der Waals surface area contributed by atoms with Crippen LogP contribution in [0.5, 0.6) is 0 Å². The van der Waals surface area contributed by atoms with Crippen LogP contribution < -0.4 is 0 Å². The topological polar surface area (TPSA) is 52.0 Å². The minimum atomic E-state index is -2.57. The molecule has 0 spiro atoms. The molecule has 1 aliphatic carbocycles. The highest BCUT2D eigenvalue weighted by atomic mass is 32.2. The highest BCUT2D eigenvalue weighted by Crippen LogP contribution is 2.42. The molecule has 0 bridgehead atoms. The van der Waals surface area contributed by atoms with Crippen molar-refractivity contribution < 1.29 is 9.00 Å². The van der Waals surface area contributed by atoms with Crippen molar-refractivity contribution in [2.75, 3.05) is 12.5 Å². The quantitative estimate of drug-likeness (QED) is 0.502. The predicted molar refractivity (Wildman–Crippen MR) is 127 cm³/mol. The molecule has 3 rings (SSSR count). The number of hydrogen-bond acceptors (Lipinski definition) is 3. The first-order valence-electron chi connectivity index (χ1n) is 10.7. The Morgan fingerprint density at radius 1 is 1.07 bits per heavy atom. The molecule has 1 fully saturated rings. The molecule has 4 nitrogen and oxygen atoms in total. The lowest BCUT2D eigenvalue weighted by Gasteiger charge is -2.38. The van der Waals surface area contributed by atoms with Gasteiger partial charge in [-0.15, -0.1) is 0 Å². The van der Waals surface area contributed by atoms with Crippen molar-refractivity contribution >= 4 is 25.9 Å². The Kier molecular flexibility index (Phi) is 6.42. The molecule has 0 aliphatic heterocycles. The Morgan fingerprint density at radius 2 is 1.70 bits per heavy atom. The van der Waals surface area contributed by atoms with E-state index in [4.69, 9.17) is 0 Å². The Hall–Kier alpha value is -2.14. The monoisotopic (exact) mass is 426 g/mol. The van der Waals surface area contributed by atoms with Gasteiger partial charge in [-0.1, -0.05) is 76.4 Å². The van der Waals surface area contributed by atoms with Gasteiger partial charge in [0.15, 0.2) is 5.78 Å². The molecule has 162 valence electrons. The second-order valence-electron chi connectivity index (χ2n) is 9.75. The lowest BCUT2D eigenvalue weighted by Crippen LogP contribution is -2.45. The zero-order valence-corrected chi connectivity index (χ0v) is 19.7. The van der Waals surface area contributed by atoms with E-state index >= 15 is 0 Å². The molecule has 1 heterocycles. The van der Waals surface area contributed by atoms with Crippen molar-refractivity contribution in [1.82, 2.24) is 9.78 Å². The summed E-state index contributed by atoms with van der Waals surface area (Å²) in [5.74, 6) is -0.00519. The van der Waals surface area contributed by atoms with E-state index in [2.05, 4.69) is 38.0 Å². The number of aromatic nitrogens is 2. The average molecular weight is 427 g/mol. The number of benzene rings is 1. The van der Waals surface area contributed by atoms with Crippen molar-refractivity contribution in [2.24, 2.45) is 5.41 Å². The Balaban J connectivity index is 2.27. The normalized spacial score (nSPS) is 17.6. The second kappa shape index (κ2) is 8.54. The van der Waals surface area contributed by atoms with Crippen molar-refractivity contribution in [3.8, 4) is 0 Å². The molecule has 1 aromatic heterocycles. The van der Waals surface area contributed by atoms with Gasteiger partial charge in [0.05, 0.1) is 16.0 Å². The van der Waals surface area contributed by atoms with Crippen molar-refractivity contribution in [3.63, 3.8) is 0 Å². The van der Waals surface area contributed by atoms with E-state index in [1.54, 1.807) is 23.4 Å². The van der Waals surface area contributed by atoms with E-state index in [1.807, 2.05) is 36.5 Å². The van der Waals surface area contributed by atoms with Crippen molar-refractivity contribution in [1.29, 1.82) is 0 Å². The zero-order chi connectivity index (χ0) is 22.0. The highest BCUT2D eigenvalue weighted by Gasteiger charge is 2.44. The average Bonchev–Trinajstić information content (AvgIpc) is 3.21. The number of carbonyl (C=O) groups excluding carboxylic acids is 1. The maximum absolute atomic E-state index is 14.4. The van der Waals surface area contributed by atoms with E-state index in [-0.39, 0.29) is 11.2 Å². The summed E-state index contributed by atoms with van der Waals surface area (Å²) in [5.41, 5.74) is 0.845. The van der Waals surface area contributed by atoms with Gasteiger partial charge in [-0.05, 0) is 39.4 Å². The Bertz CT molecular complexity index is 1020. The van der Waals surface area contributed by atoms with E-state index in [1.165, 1.54) is 0 Å². The van der Waals surface area contributed by atoms with Crippen LogP contribution in [0.15, 0.2) is 54.9 Å². The van der Waals surface area contributed by atoms with Crippen molar-refractivity contribution in [3.05, 3.63) is 60.4 Å². The third kappa shape index (κ3) is 4.77. The van der Waals surface area contributed by atoms with Crippen molar-refractivity contribution in [2.45, 2.75) is 58.3 Å². The first-order chi connectivity index (χ1) is 14.0. The summed E-state index contributed by atoms with van der Waals surface area (Å²) in [4.78, 5) is 14.8. The van der Waals surface area contributed by atoms with Gasteiger partial charge in [-0.25, -0.2) is 4.68 Å². The molecular weight excluding hydrogens is 392 g/mol. The molecule has 0 unspecified atom stereocenters. The summed E-state index contributed by atoms with van der Waals surface area (Å²) in [6, 6.07) is 11.9. The summed E-state index contributed by atoms with van der Waals surface area (Å²) in [6.45, 7) is 6.25. The molecule has 30 heavy (non-hydrogen) atoms. The van der Waals surface area contributed by atoms with E-state index in [9.17, 15) is 9.00 Å². The first-order valence-corrected chi connectivity index (χ1v) is 13.1. The molecule has 0 saturated heterocycles. The van der Waals surface area contributed by atoms with E-state index in [0.717, 1.165) is 37.7 Å². The minimum Gasteiger partial charge on any atom is -0.292 e. The van der Waals surface area contributed by atoms with Crippen LogP contribution in [0.2, 0.25) is 0 Å². The van der Waals surface area contributed by atoms with Crippen LogP contribution in [0.25, 0.3) is 5.70 Å².